The molecular weight excluding hydrogens is 266 g/mol. The van der Waals surface area contributed by atoms with Gasteiger partial charge in [-0.3, -0.25) is 14.8 Å². The van der Waals surface area contributed by atoms with E-state index in [0.29, 0.717) is 5.95 Å². The van der Waals surface area contributed by atoms with Crippen molar-refractivity contribution < 1.29 is 4.79 Å². The Kier molecular flexibility index (Phi) is 3.37. The number of aromatic nitrogens is 4. The molecule has 0 atom stereocenters. The minimum absolute atomic E-state index is 0.123. The molecule has 2 aromatic heterocycles. The molecule has 1 aliphatic carbocycles. The molecule has 0 bridgehead atoms. The van der Waals surface area contributed by atoms with Gasteiger partial charge < -0.3 is 4.98 Å². The first-order valence-electron chi connectivity index (χ1n) is 7.16. The molecule has 6 nitrogen and oxygen atoms in total. The van der Waals surface area contributed by atoms with E-state index in [9.17, 15) is 4.79 Å². The molecule has 0 spiro atoms. The van der Waals surface area contributed by atoms with Crippen LogP contribution in [0.15, 0.2) is 12.4 Å². The molecule has 0 saturated carbocycles. The highest BCUT2D eigenvalue weighted by Crippen LogP contribution is 2.22. The van der Waals surface area contributed by atoms with Crippen LogP contribution in [0.1, 0.15) is 38.7 Å². The second-order valence-electron chi connectivity index (χ2n) is 5.33. The molecule has 0 aromatic carbocycles. The summed E-state index contributed by atoms with van der Waals surface area (Å²) in [4.78, 5) is 19.0. The summed E-state index contributed by atoms with van der Waals surface area (Å²) in [5.74, 6) is 0.392. The van der Waals surface area contributed by atoms with E-state index >= 15 is 0 Å². The molecule has 6 heteroatoms. The molecular formula is C15H19N5O. The van der Waals surface area contributed by atoms with Crippen molar-refractivity contribution in [2.24, 2.45) is 7.05 Å². The fourth-order valence-electron chi connectivity index (χ4n) is 2.80. The number of nitrogens with one attached hydrogen (secondary N) is 2. The third-order valence-corrected chi connectivity index (χ3v) is 3.79. The van der Waals surface area contributed by atoms with Crippen LogP contribution in [0.4, 0.5) is 5.95 Å². The van der Waals surface area contributed by atoms with Crippen LogP contribution in [0, 0.1) is 0 Å². The maximum absolute atomic E-state index is 11.2. The summed E-state index contributed by atoms with van der Waals surface area (Å²) < 4.78 is 1.80. The normalized spacial score (nSPS) is 14.2. The molecule has 2 heterocycles. The Balaban J connectivity index is 2.24. The van der Waals surface area contributed by atoms with E-state index in [1.807, 2.05) is 19.4 Å². The lowest BCUT2D eigenvalue weighted by Gasteiger charge is -2.11. The Labute approximate surface area is 122 Å². The van der Waals surface area contributed by atoms with Crippen LogP contribution in [-0.2, 0) is 11.8 Å². The summed E-state index contributed by atoms with van der Waals surface area (Å²) in [6, 6.07) is 0. The van der Waals surface area contributed by atoms with E-state index in [0.717, 1.165) is 35.5 Å². The Hall–Kier alpha value is -2.37. The second kappa shape index (κ2) is 5.20. The van der Waals surface area contributed by atoms with Gasteiger partial charge in [0.1, 0.15) is 0 Å². The van der Waals surface area contributed by atoms with Crippen LogP contribution in [0.3, 0.4) is 0 Å². The van der Waals surface area contributed by atoms with Crippen molar-refractivity contribution in [1.82, 2.24) is 19.7 Å². The number of anilines is 1. The highest BCUT2D eigenvalue weighted by molar-refractivity contribution is 5.86. The van der Waals surface area contributed by atoms with Gasteiger partial charge >= 0.3 is 0 Å². The quantitative estimate of drug-likeness (QED) is 0.869. The number of hydrogen-bond donors (Lipinski definition) is 2. The lowest BCUT2D eigenvalue weighted by Crippen LogP contribution is -2.32. The number of H-pyrrole nitrogens is 1. The maximum Gasteiger partial charge on any atom is 0.223 e. The second-order valence-corrected chi connectivity index (χ2v) is 5.33. The van der Waals surface area contributed by atoms with E-state index in [1.54, 1.807) is 4.68 Å². The molecule has 0 aliphatic heterocycles. The van der Waals surface area contributed by atoms with E-state index in [-0.39, 0.29) is 5.91 Å². The molecule has 110 valence electrons. The number of aryl methyl sites for hydroxylation is 1. The zero-order valence-corrected chi connectivity index (χ0v) is 12.5. The highest BCUT2D eigenvalue weighted by atomic mass is 16.1. The van der Waals surface area contributed by atoms with Crippen molar-refractivity contribution >= 4 is 23.0 Å². The Morgan fingerprint density at radius 3 is 2.90 bits per heavy atom. The molecule has 2 aromatic rings. The standard InChI is InChI=1S/C15H19N5O/c1-4-10-5-6-12(11-7-16-20(3)8-11)14-13(10)18-15(19-14)17-9(2)21/h7-8H,4-6H2,1-3H3,(H2,17,18,19,21). The molecule has 3 rings (SSSR count). The van der Waals surface area contributed by atoms with Crippen LogP contribution >= 0.6 is 0 Å². The average molecular weight is 285 g/mol. The van der Waals surface area contributed by atoms with Crippen molar-refractivity contribution in [3.63, 3.8) is 0 Å². The van der Waals surface area contributed by atoms with Gasteiger partial charge in [0.2, 0.25) is 11.9 Å². The van der Waals surface area contributed by atoms with Gasteiger partial charge in [0, 0.05) is 25.7 Å². The summed E-state index contributed by atoms with van der Waals surface area (Å²) in [7, 11) is 1.91. The van der Waals surface area contributed by atoms with Crippen molar-refractivity contribution in [3.8, 4) is 0 Å². The number of aromatic amines is 1. The number of nitrogens with zero attached hydrogens (tertiary/aromatic N) is 3. The van der Waals surface area contributed by atoms with Gasteiger partial charge in [-0.05, 0) is 30.4 Å². The fourth-order valence-corrected chi connectivity index (χ4v) is 2.80. The maximum atomic E-state index is 11.2. The molecule has 1 amide bonds. The number of fused-ring (bicyclic) bond motifs is 1. The summed E-state index contributed by atoms with van der Waals surface area (Å²) in [5.41, 5.74) is 3.64. The molecule has 0 unspecified atom stereocenters. The van der Waals surface area contributed by atoms with E-state index in [4.69, 9.17) is 0 Å². The zero-order valence-electron chi connectivity index (χ0n) is 12.5. The minimum atomic E-state index is -0.123. The van der Waals surface area contributed by atoms with Crippen molar-refractivity contribution in [3.05, 3.63) is 28.7 Å². The van der Waals surface area contributed by atoms with Crippen LogP contribution < -0.4 is 16.0 Å². The molecule has 21 heavy (non-hydrogen) atoms. The van der Waals surface area contributed by atoms with E-state index < -0.39 is 0 Å². The monoisotopic (exact) mass is 285 g/mol. The van der Waals surface area contributed by atoms with E-state index in [1.165, 1.54) is 18.1 Å². The van der Waals surface area contributed by atoms with Crippen LogP contribution in [0.5, 0.6) is 0 Å². The number of carbonyl (C=O) groups is 1. The predicted octanol–water partition coefficient (Wildman–Crippen LogP) is 0.655. The SMILES string of the molecule is CCC1=c2nc(NC(C)=O)[nH]c2=C(c2cnn(C)c2)CC1. The first kappa shape index (κ1) is 13.6. The Bertz CT molecular complexity index is 811. The summed E-state index contributed by atoms with van der Waals surface area (Å²) in [5, 5.41) is 8.96. The van der Waals surface area contributed by atoms with Crippen LogP contribution in [-0.4, -0.2) is 25.7 Å². The zero-order chi connectivity index (χ0) is 15.0. The third-order valence-electron chi connectivity index (χ3n) is 3.79. The number of carbonyl (C=O) groups excluding carboxylic acids is 1. The van der Waals surface area contributed by atoms with Gasteiger partial charge in [0.15, 0.2) is 0 Å². The Morgan fingerprint density at radius 1 is 1.48 bits per heavy atom. The highest BCUT2D eigenvalue weighted by Gasteiger charge is 2.16. The molecule has 2 N–H and O–H groups in total. The van der Waals surface area contributed by atoms with Gasteiger partial charge in [0.05, 0.1) is 16.9 Å². The lowest BCUT2D eigenvalue weighted by molar-refractivity contribution is -0.114. The Morgan fingerprint density at radius 2 is 2.29 bits per heavy atom. The largest absolute Gasteiger partial charge is 0.324 e. The number of hydrogen-bond acceptors (Lipinski definition) is 3. The summed E-state index contributed by atoms with van der Waals surface area (Å²) >= 11 is 0. The van der Waals surface area contributed by atoms with Gasteiger partial charge in [-0.1, -0.05) is 6.92 Å². The van der Waals surface area contributed by atoms with Gasteiger partial charge in [-0.25, -0.2) is 4.98 Å². The summed E-state index contributed by atoms with van der Waals surface area (Å²) in [6.07, 6.45) is 6.81. The molecule has 1 aliphatic rings. The van der Waals surface area contributed by atoms with Gasteiger partial charge in [-0.2, -0.15) is 5.10 Å². The van der Waals surface area contributed by atoms with Crippen molar-refractivity contribution in [1.29, 1.82) is 0 Å². The smallest absolute Gasteiger partial charge is 0.223 e. The third kappa shape index (κ3) is 2.49. The number of rotatable bonds is 3. The first-order chi connectivity index (χ1) is 10.1. The molecule has 0 fully saturated rings. The fraction of sp³-hybridized carbons (Fsp3) is 0.400. The van der Waals surface area contributed by atoms with Gasteiger partial charge in [0.25, 0.3) is 0 Å². The van der Waals surface area contributed by atoms with Gasteiger partial charge in [-0.15, -0.1) is 0 Å². The number of imidazole rings is 1. The average Bonchev–Trinajstić information content (AvgIpc) is 3.02. The van der Waals surface area contributed by atoms with E-state index in [2.05, 4.69) is 27.3 Å². The number of amides is 1. The van der Waals surface area contributed by atoms with Crippen molar-refractivity contribution in [2.45, 2.75) is 33.1 Å². The van der Waals surface area contributed by atoms with Crippen LogP contribution in [0.25, 0.3) is 11.1 Å². The first-order valence-corrected chi connectivity index (χ1v) is 7.16. The summed E-state index contributed by atoms with van der Waals surface area (Å²) in [6.45, 7) is 3.62. The molecule has 0 saturated heterocycles. The lowest BCUT2D eigenvalue weighted by atomic mass is 9.94. The molecule has 0 radical (unpaired) electrons. The minimum Gasteiger partial charge on any atom is -0.324 e. The van der Waals surface area contributed by atoms with Crippen molar-refractivity contribution in [2.75, 3.05) is 5.32 Å². The predicted molar refractivity (Wildman–Crippen MR) is 80.8 cm³/mol. The van der Waals surface area contributed by atoms with Crippen LogP contribution in [0.2, 0.25) is 0 Å². The topological polar surface area (TPSA) is 75.6 Å².